The van der Waals surface area contributed by atoms with Gasteiger partial charge in [0.15, 0.2) is 0 Å². The molecule has 0 aromatic heterocycles. The fraction of sp³-hybridized carbons (Fsp3) is 0.409. The van der Waals surface area contributed by atoms with Crippen LogP contribution in [0, 0.1) is 0 Å². The number of aryl methyl sites for hydroxylation is 1. The molecule has 0 heterocycles. The van der Waals surface area contributed by atoms with Gasteiger partial charge in [0.2, 0.25) is 5.91 Å². The predicted molar refractivity (Wildman–Crippen MR) is 118 cm³/mol. The monoisotopic (exact) mass is 439 g/mol. The lowest BCUT2D eigenvalue weighted by atomic mass is 10.1. The molecule has 2 aromatic carbocycles. The molecule has 158 valence electrons. The van der Waals surface area contributed by atoms with Crippen LogP contribution in [0.1, 0.15) is 37.3 Å². The molecule has 7 heteroatoms. The number of ether oxygens (including phenoxy) is 3. The molecule has 0 bridgehead atoms. The quantitative estimate of drug-likeness (QED) is 0.352. The summed E-state index contributed by atoms with van der Waals surface area (Å²) in [6, 6.07) is 9.23. The fourth-order valence-electron chi connectivity index (χ4n) is 2.91. The maximum atomic E-state index is 11.5. The van der Waals surface area contributed by atoms with Crippen LogP contribution in [0.25, 0.3) is 0 Å². The maximum Gasteiger partial charge on any atom is 0.221 e. The van der Waals surface area contributed by atoms with Gasteiger partial charge in [-0.15, -0.1) is 11.6 Å². The van der Waals surface area contributed by atoms with E-state index in [0.717, 1.165) is 36.8 Å². The number of benzene rings is 2. The summed E-state index contributed by atoms with van der Waals surface area (Å²) in [6.07, 6.45) is 3.79. The second-order valence-electron chi connectivity index (χ2n) is 6.63. The number of rotatable bonds is 11. The van der Waals surface area contributed by atoms with E-state index in [9.17, 15) is 4.79 Å². The van der Waals surface area contributed by atoms with E-state index < -0.39 is 0 Å². The Morgan fingerprint density at radius 1 is 1.00 bits per heavy atom. The van der Waals surface area contributed by atoms with Gasteiger partial charge in [-0.25, -0.2) is 0 Å². The van der Waals surface area contributed by atoms with Crippen LogP contribution < -0.4 is 19.5 Å². The Morgan fingerprint density at radius 2 is 1.69 bits per heavy atom. The van der Waals surface area contributed by atoms with Crippen molar-refractivity contribution in [2.45, 2.75) is 39.2 Å². The zero-order chi connectivity index (χ0) is 21.2. The highest BCUT2D eigenvalue weighted by molar-refractivity contribution is 6.33. The number of amides is 1. The first-order valence-corrected chi connectivity index (χ1v) is 10.4. The highest BCUT2D eigenvalue weighted by atomic mass is 35.5. The number of anilines is 1. The van der Waals surface area contributed by atoms with E-state index in [1.807, 2.05) is 24.3 Å². The lowest BCUT2D eigenvalue weighted by Crippen LogP contribution is -2.08. The summed E-state index contributed by atoms with van der Waals surface area (Å²) in [4.78, 5) is 11.5. The highest BCUT2D eigenvalue weighted by Gasteiger charge is 2.12. The molecule has 2 aromatic rings. The summed E-state index contributed by atoms with van der Waals surface area (Å²) >= 11 is 12.1. The topological polar surface area (TPSA) is 56.8 Å². The first kappa shape index (κ1) is 23.2. The zero-order valence-corrected chi connectivity index (χ0v) is 18.5. The summed E-state index contributed by atoms with van der Waals surface area (Å²) in [5, 5.41) is 3.23. The summed E-state index contributed by atoms with van der Waals surface area (Å²) in [5.41, 5.74) is 2.43. The number of halogens is 2. The first-order chi connectivity index (χ1) is 14.0. The largest absolute Gasteiger partial charge is 0.497 e. The third kappa shape index (κ3) is 7.33. The SMILES string of the molecule is COc1cc(COc2cc(NC(C)=O)c(Cl)cc2CCCCCCl)cc(OC)c1. The van der Waals surface area contributed by atoms with E-state index in [-0.39, 0.29) is 5.91 Å². The van der Waals surface area contributed by atoms with Crippen LogP contribution in [0.2, 0.25) is 5.02 Å². The second-order valence-corrected chi connectivity index (χ2v) is 7.42. The number of hydrogen-bond acceptors (Lipinski definition) is 4. The molecule has 0 fully saturated rings. The Morgan fingerprint density at radius 3 is 2.28 bits per heavy atom. The van der Waals surface area contributed by atoms with Crippen molar-refractivity contribution in [3.63, 3.8) is 0 Å². The Hall–Kier alpha value is -2.11. The number of carbonyl (C=O) groups excluding carboxylic acids is 1. The minimum atomic E-state index is -0.190. The van der Waals surface area contributed by atoms with E-state index >= 15 is 0 Å². The van der Waals surface area contributed by atoms with E-state index in [1.165, 1.54) is 6.92 Å². The van der Waals surface area contributed by atoms with Gasteiger partial charge in [0.25, 0.3) is 0 Å². The van der Waals surface area contributed by atoms with Gasteiger partial charge in [0.05, 0.1) is 24.9 Å². The molecule has 0 aliphatic carbocycles. The molecule has 0 aliphatic rings. The van der Waals surface area contributed by atoms with Gasteiger partial charge < -0.3 is 19.5 Å². The minimum absolute atomic E-state index is 0.190. The molecule has 1 amide bonds. The molecule has 2 rings (SSSR count). The number of methoxy groups -OCH3 is 2. The molecule has 0 radical (unpaired) electrons. The van der Waals surface area contributed by atoms with Crippen LogP contribution >= 0.6 is 23.2 Å². The van der Waals surface area contributed by atoms with Gasteiger partial charge >= 0.3 is 0 Å². The van der Waals surface area contributed by atoms with Gasteiger partial charge in [0, 0.05) is 24.9 Å². The molecular weight excluding hydrogens is 413 g/mol. The van der Waals surface area contributed by atoms with Gasteiger partial charge in [-0.2, -0.15) is 0 Å². The van der Waals surface area contributed by atoms with Crippen molar-refractivity contribution in [3.05, 3.63) is 46.5 Å². The lowest BCUT2D eigenvalue weighted by molar-refractivity contribution is -0.114. The molecule has 1 N–H and O–H groups in total. The van der Waals surface area contributed by atoms with Crippen molar-refractivity contribution in [3.8, 4) is 17.2 Å². The highest BCUT2D eigenvalue weighted by Crippen LogP contribution is 2.33. The van der Waals surface area contributed by atoms with E-state index in [1.54, 1.807) is 20.3 Å². The Bertz CT molecular complexity index is 804. The Kier molecular flexibility index (Phi) is 9.42. The number of unbranched alkanes of at least 4 members (excludes halogenated alkanes) is 2. The fourth-order valence-corrected chi connectivity index (χ4v) is 3.33. The molecular formula is C22H27Cl2NO4. The molecule has 0 unspecified atom stereocenters. The minimum Gasteiger partial charge on any atom is -0.497 e. The van der Waals surface area contributed by atoms with Crippen molar-refractivity contribution in [2.24, 2.45) is 0 Å². The smallest absolute Gasteiger partial charge is 0.221 e. The van der Waals surface area contributed by atoms with E-state index in [0.29, 0.717) is 40.4 Å². The van der Waals surface area contributed by atoms with Crippen molar-refractivity contribution >= 4 is 34.8 Å². The van der Waals surface area contributed by atoms with Crippen molar-refractivity contribution in [1.29, 1.82) is 0 Å². The molecule has 29 heavy (non-hydrogen) atoms. The molecule has 0 aliphatic heterocycles. The van der Waals surface area contributed by atoms with Gasteiger partial charge in [0.1, 0.15) is 23.9 Å². The summed E-state index contributed by atoms with van der Waals surface area (Å²) < 4.78 is 16.7. The first-order valence-electron chi connectivity index (χ1n) is 9.47. The zero-order valence-electron chi connectivity index (χ0n) is 17.0. The average molecular weight is 440 g/mol. The summed E-state index contributed by atoms with van der Waals surface area (Å²) in [6.45, 7) is 1.77. The van der Waals surface area contributed by atoms with Crippen LogP contribution in [0.5, 0.6) is 17.2 Å². The number of carbonyl (C=O) groups is 1. The van der Waals surface area contributed by atoms with Crippen molar-refractivity contribution < 1.29 is 19.0 Å². The van der Waals surface area contributed by atoms with Crippen LogP contribution in [0.4, 0.5) is 5.69 Å². The normalized spacial score (nSPS) is 10.5. The van der Waals surface area contributed by atoms with Crippen LogP contribution in [0.15, 0.2) is 30.3 Å². The standard InChI is InChI=1S/C22H27Cl2NO4/c1-15(26)25-21-13-22(17(11-20(21)24)7-5-4-6-8-23)29-14-16-9-18(27-2)12-19(10-16)28-3/h9-13H,4-8,14H2,1-3H3,(H,25,26). The number of hydrogen-bond donors (Lipinski definition) is 1. The number of nitrogens with one attached hydrogen (secondary N) is 1. The molecule has 0 saturated heterocycles. The lowest BCUT2D eigenvalue weighted by Gasteiger charge is -2.16. The maximum absolute atomic E-state index is 11.5. The van der Waals surface area contributed by atoms with Crippen LogP contribution in [0.3, 0.4) is 0 Å². The van der Waals surface area contributed by atoms with Crippen molar-refractivity contribution in [2.75, 3.05) is 25.4 Å². The summed E-state index contributed by atoms with van der Waals surface area (Å²) in [5.74, 6) is 2.54. The average Bonchev–Trinajstić information content (AvgIpc) is 2.71. The Balaban J connectivity index is 2.24. The van der Waals surface area contributed by atoms with Gasteiger partial charge in [-0.3, -0.25) is 4.79 Å². The predicted octanol–water partition coefficient (Wildman–Crippen LogP) is 5.85. The van der Waals surface area contributed by atoms with Gasteiger partial charge in [-0.05, 0) is 48.6 Å². The molecule has 0 atom stereocenters. The van der Waals surface area contributed by atoms with Crippen molar-refractivity contribution in [1.82, 2.24) is 0 Å². The summed E-state index contributed by atoms with van der Waals surface area (Å²) in [7, 11) is 3.22. The van der Waals surface area contributed by atoms with E-state index in [4.69, 9.17) is 37.4 Å². The third-order valence-corrected chi connectivity index (χ3v) is 4.93. The second kappa shape index (κ2) is 11.8. The Labute approximate surface area is 182 Å². The van der Waals surface area contributed by atoms with E-state index in [2.05, 4.69) is 5.32 Å². The third-order valence-electron chi connectivity index (χ3n) is 4.35. The van der Waals surface area contributed by atoms with Crippen LogP contribution in [-0.4, -0.2) is 26.0 Å². The molecule has 0 saturated carbocycles. The van der Waals surface area contributed by atoms with Crippen LogP contribution in [-0.2, 0) is 17.8 Å². The van der Waals surface area contributed by atoms with Gasteiger partial charge in [-0.1, -0.05) is 18.0 Å². The number of alkyl halides is 1. The molecule has 0 spiro atoms. The molecule has 5 nitrogen and oxygen atoms in total.